The first-order valence-electron chi connectivity index (χ1n) is 7.86. The Labute approximate surface area is 149 Å². The van der Waals surface area contributed by atoms with Gasteiger partial charge in [0.25, 0.3) is 5.91 Å². The maximum absolute atomic E-state index is 12.6. The van der Waals surface area contributed by atoms with Crippen molar-refractivity contribution in [1.29, 1.82) is 0 Å². The maximum atomic E-state index is 12.6. The molecular formula is C18H15ClN2O4. The molecule has 0 spiro atoms. The molecule has 1 saturated heterocycles. The summed E-state index contributed by atoms with van der Waals surface area (Å²) in [6, 6.07) is 11.8. The molecule has 2 aliphatic rings. The summed E-state index contributed by atoms with van der Waals surface area (Å²) in [5, 5.41) is 3.62. The maximum Gasteiger partial charge on any atom is 0.251 e. The summed E-state index contributed by atoms with van der Waals surface area (Å²) in [5.41, 5.74) is 1.44. The van der Waals surface area contributed by atoms with Crippen molar-refractivity contribution in [2.24, 2.45) is 0 Å². The number of nitrogens with one attached hydrogen (secondary N) is 1. The highest BCUT2D eigenvalue weighted by Gasteiger charge is 2.39. The average Bonchev–Trinajstić information content (AvgIpc) is 3.16. The molecule has 2 aromatic rings. The Morgan fingerprint density at radius 2 is 1.96 bits per heavy atom. The fourth-order valence-electron chi connectivity index (χ4n) is 2.97. The van der Waals surface area contributed by atoms with Crippen LogP contribution in [0, 0.1) is 0 Å². The molecule has 2 aromatic carbocycles. The van der Waals surface area contributed by atoms with Crippen LogP contribution < -0.4 is 19.7 Å². The van der Waals surface area contributed by atoms with Crippen LogP contribution in [0.4, 0.5) is 5.69 Å². The Morgan fingerprint density at radius 1 is 1.12 bits per heavy atom. The minimum Gasteiger partial charge on any atom is -0.454 e. The van der Waals surface area contributed by atoms with Crippen molar-refractivity contribution < 1.29 is 19.1 Å². The van der Waals surface area contributed by atoms with Crippen molar-refractivity contribution in [2.45, 2.75) is 19.0 Å². The van der Waals surface area contributed by atoms with Gasteiger partial charge >= 0.3 is 0 Å². The summed E-state index contributed by atoms with van der Waals surface area (Å²) in [6.07, 6.45) is 0.121. The zero-order valence-electron chi connectivity index (χ0n) is 13.2. The Hall–Kier alpha value is -2.57. The highest BCUT2D eigenvalue weighted by Crippen LogP contribution is 2.32. The molecule has 0 bridgehead atoms. The number of ether oxygens (including phenoxy) is 2. The van der Waals surface area contributed by atoms with E-state index in [0.717, 1.165) is 5.56 Å². The van der Waals surface area contributed by atoms with E-state index in [-0.39, 0.29) is 25.0 Å². The van der Waals surface area contributed by atoms with E-state index in [1.54, 1.807) is 24.3 Å². The molecule has 0 saturated carbocycles. The van der Waals surface area contributed by atoms with Crippen LogP contribution in [0.2, 0.25) is 5.02 Å². The van der Waals surface area contributed by atoms with Gasteiger partial charge in [0.1, 0.15) is 0 Å². The second-order valence-electron chi connectivity index (χ2n) is 5.87. The molecule has 2 heterocycles. The number of amides is 2. The molecule has 1 atom stereocenters. The lowest BCUT2D eigenvalue weighted by molar-refractivity contribution is -0.121. The normalized spacial score (nSPS) is 18.9. The van der Waals surface area contributed by atoms with Gasteiger partial charge in [-0.25, -0.2) is 4.90 Å². The highest BCUT2D eigenvalue weighted by molar-refractivity contribution is 6.31. The van der Waals surface area contributed by atoms with Crippen molar-refractivity contribution in [1.82, 2.24) is 5.32 Å². The number of carbonyl (C=O) groups excluding carboxylic acids is 2. The fourth-order valence-corrected chi connectivity index (χ4v) is 3.15. The lowest BCUT2D eigenvalue weighted by Gasteiger charge is -2.16. The van der Waals surface area contributed by atoms with E-state index in [2.05, 4.69) is 5.32 Å². The molecule has 1 fully saturated rings. The third-order valence-electron chi connectivity index (χ3n) is 4.20. The predicted molar refractivity (Wildman–Crippen MR) is 91.8 cm³/mol. The monoisotopic (exact) mass is 358 g/mol. The van der Waals surface area contributed by atoms with Gasteiger partial charge in [0, 0.05) is 11.6 Å². The third kappa shape index (κ3) is 3.06. The third-order valence-corrected chi connectivity index (χ3v) is 4.44. The molecule has 0 aliphatic carbocycles. The zero-order chi connectivity index (χ0) is 17.4. The standard InChI is InChI=1S/C18H15ClN2O4/c19-12-2-1-3-13(7-12)21-17(22)8-14(18(21)23)20-9-11-4-5-15-16(6-11)25-10-24-15/h1-7,14,20H,8-10H2/t14-/m0/s1. The van der Waals surface area contributed by atoms with Crippen molar-refractivity contribution in [3.8, 4) is 11.5 Å². The number of anilines is 1. The van der Waals surface area contributed by atoms with E-state index in [4.69, 9.17) is 21.1 Å². The van der Waals surface area contributed by atoms with Gasteiger partial charge in [-0.15, -0.1) is 0 Å². The lowest BCUT2D eigenvalue weighted by atomic mass is 10.1. The largest absolute Gasteiger partial charge is 0.454 e. The number of benzene rings is 2. The number of hydrogen-bond acceptors (Lipinski definition) is 5. The highest BCUT2D eigenvalue weighted by atomic mass is 35.5. The Balaban J connectivity index is 1.45. The van der Waals surface area contributed by atoms with Crippen LogP contribution in [0.5, 0.6) is 11.5 Å². The van der Waals surface area contributed by atoms with E-state index in [1.807, 2.05) is 18.2 Å². The van der Waals surface area contributed by atoms with Crippen LogP contribution in [0.3, 0.4) is 0 Å². The van der Waals surface area contributed by atoms with E-state index in [0.29, 0.717) is 28.8 Å². The molecule has 1 N–H and O–H groups in total. The Bertz CT molecular complexity index is 855. The number of rotatable bonds is 4. The molecule has 4 rings (SSSR count). The van der Waals surface area contributed by atoms with Gasteiger partial charge in [0.05, 0.1) is 18.2 Å². The number of hydrogen-bond donors (Lipinski definition) is 1. The summed E-state index contributed by atoms with van der Waals surface area (Å²) in [7, 11) is 0. The summed E-state index contributed by atoms with van der Waals surface area (Å²) in [4.78, 5) is 26.0. The molecule has 2 aliphatic heterocycles. The van der Waals surface area contributed by atoms with Gasteiger partial charge in [-0.1, -0.05) is 23.7 Å². The van der Waals surface area contributed by atoms with Gasteiger partial charge in [-0.05, 0) is 35.9 Å². The van der Waals surface area contributed by atoms with Crippen LogP contribution >= 0.6 is 11.6 Å². The first-order valence-corrected chi connectivity index (χ1v) is 8.24. The topological polar surface area (TPSA) is 67.9 Å². The number of nitrogens with zero attached hydrogens (tertiary/aromatic N) is 1. The Morgan fingerprint density at radius 3 is 2.80 bits per heavy atom. The number of halogens is 1. The lowest BCUT2D eigenvalue weighted by Crippen LogP contribution is -2.38. The van der Waals surface area contributed by atoms with E-state index >= 15 is 0 Å². The van der Waals surface area contributed by atoms with Gasteiger partial charge in [0.2, 0.25) is 12.7 Å². The van der Waals surface area contributed by atoms with Crippen molar-refractivity contribution in [3.63, 3.8) is 0 Å². The number of carbonyl (C=O) groups is 2. The van der Waals surface area contributed by atoms with Crippen LogP contribution in [0.25, 0.3) is 0 Å². The predicted octanol–water partition coefficient (Wildman–Crippen LogP) is 2.49. The summed E-state index contributed by atoms with van der Waals surface area (Å²) in [5.74, 6) is 0.889. The van der Waals surface area contributed by atoms with Crippen molar-refractivity contribution in [2.75, 3.05) is 11.7 Å². The molecule has 25 heavy (non-hydrogen) atoms. The molecule has 2 amide bonds. The molecule has 0 aromatic heterocycles. The molecule has 0 unspecified atom stereocenters. The first kappa shape index (κ1) is 15.9. The number of imide groups is 1. The minimum atomic E-state index is -0.558. The molecule has 0 radical (unpaired) electrons. The minimum absolute atomic E-state index is 0.121. The summed E-state index contributed by atoms with van der Waals surface area (Å²) >= 11 is 5.96. The smallest absolute Gasteiger partial charge is 0.251 e. The zero-order valence-corrected chi connectivity index (χ0v) is 14.0. The quantitative estimate of drug-likeness (QED) is 0.850. The molecule has 7 heteroatoms. The van der Waals surface area contributed by atoms with Crippen molar-refractivity contribution >= 4 is 29.1 Å². The van der Waals surface area contributed by atoms with Gasteiger partial charge in [-0.2, -0.15) is 0 Å². The Kier molecular flexibility index (Phi) is 4.07. The molecule has 6 nitrogen and oxygen atoms in total. The summed E-state index contributed by atoms with van der Waals surface area (Å²) in [6.45, 7) is 0.667. The van der Waals surface area contributed by atoms with Gasteiger partial charge in [-0.3, -0.25) is 9.59 Å². The van der Waals surface area contributed by atoms with Crippen molar-refractivity contribution in [3.05, 3.63) is 53.1 Å². The SMILES string of the molecule is O=C1C[C@H](NCc2ccc3c(c2)OCO3)C(=O)N1c1cccc(Cl)c1. The van der Waals surface area contributed by atoms with Crippen LogP contribution in [-0.2, 0) is 16.1 Å². The fraction of sp³-hybridized carbons (Fsp3) is 0.222. The van der Waals surface area contributed by atoms with Crippen LogP contribution in [0.1, 0.15) is 12.0 Å². The first-order chi connectivity index (χ1) is 12.1. The van der Waals surface area contributed by atoms with E-state index in [9.17, 15) is 9.59 Å². The second kappa shape index (κ2) is 6.38. The average molecular weight is 359 g/mol. The second-order valence-corrected chi connectivity index (χ2v) is 6.31. The van der Waals surface area contributed by atoms with Crippen LogP contribution in [-0.4, -0.2) is 24.6 Å². The number of fused-ring (bicyclic) bond motifs is 1. The van der Waals surface area contributed by atoms with Gasteiger partial charge in [0.15, 0.2) is 11.5 Å². The van der Waals surface area contributed by atoms with E-state index < -0.39 is 6.04 Å². The molecule has 128 valence electrons. The van der Waals surface area contributed by atoms with Crippen LogP contribution in [0.15, 0.2) is 42.5 Å². The summed E-state index contributed by atoms with van der Waals surface area (Å²) < 4.78 is 10.6. The van der Waals surface area contributed by atoms with E-state index in [1.165, 1.54) is 4.90 Å². The molecular weight excluding hydrogens is 344 g/mol. The van der Waals surface area contributed by atoms with Gasteiger partial charge < -0.3 is 14.8 Å².